The molecule has 7 heteroatoms. The Morgan fingerprint density at radius 1 is 1.16 bits per heavy atom. The molecule has 1 fully saturated rings. The van der Waals surface area contributed by atoms with Crippen molar-refractivity contribution in [2.24, 2.45) is 5.92 Å². The van der Waals surface area contributed by atoms with Crippen LogP contribution in [0.4, 0.5) is 5.82 Å². The number of anilines is 1. The lowest BCUT2D eigenvalue weighted by Gasteiger charge is -2.33. The van der Waals surface area contributed by atoms with Gasteiger partial charge in [-0.15, -0.1) is 11.3 Å². The third kappa shape index (κ3) is 3.13. The van der Waals surface area contributed by atoms with Crippen molar-refractivity contribution in [3.05, 3.63) is 35.9 Å². The van der Waals surface area contributed by atoms with E-state index in [1.54, 1.807) is 23.9 Å². The lowest BCUT2D eigenvalue weighted by Crippen LogP contribution is -2.33. The minimum Gasteiger partial charge on any atom is -0.463 e. The van der Waals surface area contributed by atoms with E-state index >= 15 is 0 Å². The zero-order chi connectivity index (χ0) is 21.2. The van der Waals surface area contributed by atoms with Gasteiger partial charge in [0.15, 0.2) is 5.76 Å². The maximum Gasteiger partial charge on any atom is 0.152 e. The molecule has 0 aliphatic carbocycles. The molecule has 0 atom stereocenters. The van der Waals surface area contributed by atoms with Gasteiger partial charge in [0.1, 0.15) is 22.7 Å². The third-order valence-corrected chi connectivity index (χ3v) is 7.72. The first-order valence-corrected chi connectivity index (χ1v) is 11.8. The number of pyridine rings is 1. The van der Waals surface area contributed by atoms with Crippen molar-refractivity contribution < 1.29 is 9.15 Å². The molecule has 4 aromatic rings. The van der Waals surface area contributed by atoms with Gasteiger partial charge in [0, 0.05) is 30.5 Å². The number of hydrogen-bond donors (Lipinski definition) is 0. The van der Waals surface area contributed by atoms with E-state index in [1.165, 1.54) is 18.4 Å². The van der Waals surface area contributed by atoms with Crippen LogP contribution >= 0.6 is 11.3 Å². The van der Waals surface area contributed by atoms with Crippen LogP contribution in [0.5, 0.6) is 0 Å². The number of furan rings is 1. The van der Waals surface area contributed by atoms with Crippen LogP contribution in [0, 0.1) is 5.92 Å². The highest BCUT2D eigenvalue weighted by Crippen LogP contribution is 2.44. The quantitative estimate of drug-likeness (QED) is 0.410. The molecule has 0 saturated carbocycles. The highest BCUT2D eigenvalue weighted by Gasteiger charge is 2.33. The Morgan fingerprint density at radius 2 is 2.00 bits per heavy atom. The van der Waals surface area contributed by atoms with Gasteiger partial charge in [-0.2, -0.15) is 0 Å². The van der Waals surface area contributed by atoms with Gasteiger partial charge in [-0.1, -0.05) is 6.92 Å². The number of hydrogen-bond acceptors (Lipinski definition) is 7. The zero-order valence-electron chi connectivity index (χ0n) is 18.1. The fourth-order valence-corrected chi connectivity index (χ4v) is 6.03. The van der Waals surface area contributed by atoms with Crippen LogP contribution in [0.15, 0.2) is 29.1 Å². The second-order valence-corrected chi connectivity index (χ2v) is 10.4. The number of aromatic nitrogens is 3. The van der Waals surface area contributed by atoms with Crippen LogP contribution < -0.4 is 4.90 Å². The third-order valence-electron chi connectivity index (χ3n) is 6.65. The highest BCUT2D eigenvalue weighted by molar-refractivity contribution is 7.26. The molecular formula is C24H26N4O2S. The van der Waals surface area contributed by atoms with Crippen molar-refractivity contribution in [3.63, 3.8) is 0 Å². The molecule has 0 radical (unpaired) electrons. The summed E-state index contributed by atoms with van der Waals surface area (Å²) in [5.41, 5.74) is 4.09. The average Bonchev–Trinajstić information content (AvgIpc) is 3.41. The van der Waals surface area contributed by atoms with Gasteiger partial charge in [0.05, 0.1) is 28.7 Å². The van der Waals surface area contributed by atoms with Gasteiger partial charge in [0.25, 0.3) is 0 Å². The fourth-order valence-electron chi connectivity index (χ4n) is 4.86. The molecule has 2 aliphatic rings. The van der Waals surface area contributed by atoms with Crippen molar-refractivity contribution in [2.45, 2.75) is 52.2 Å². The summed E-state index contributed by atoms with van der Waals surface area (Å²) in [4.78, 5) is 18.0. The van der Waals surface area contributed by atoms with Gasteiger partial charge in [-0.05, 0) is 50.3 Å². The largest absolute Gasteiger partial charge is 0.463 e. The van der Waals surface area contributed by atoms with Crippen molar-refractivity contribution in [2.75, 3.05) is 18.0 Å². The Morgan fingerprint density at radius 3 is 2.77 bits per heavy atom. The number of thiophene rings is 1. The maximum atomic E-state index is 6.18. The lowest BCUT2D eigenvalue weighted by atomic mass is 9.89. The molecule has 0 amide bonds. The smallest absolute Gasteiger partial charge is 0.152 e. The zero-order valence-corrected chi connectivity index (χ0v) is 19.0. The van der Waals surface area contributed by atoms with Gasteiger partial charge in [-0.25, -0.2) is 15.0 Å². The molecule has 2 aliphatic heterocycles. The van der Waals surface area contributed by atoms with E-state index < -0.39 is 0 Å². The highest BCUT2D eigenvalue weighted by atomic mass is 32.1. The summed E-state index contributed by atoms with van der Waals surface area (Å²) < 4.78 is 13.1. The maximum absolute atomic E-state index is 6.18. The molecule has 4 aromatic heterocycles. The molecule has 6 rings (SSSR count). The summed E-state index contributed by atoms with van der Waals surface area (Å²) in [6.07, 6.45) is 6.66. The Kier molecular flexibility index (Phi) is 4.34. The first-order chi connectivity index (χ1) is 15.0. The van der Waals surface area contributed by atoms with Crippen molar-refractivity contribution in [1.29, 1.82) is 0 Å². The molecule has 0 aromatic carbocycles. The van der Waals surface area contributed by atoms with E-state index in [0.29, 0.717) is 6.61 Å². The summed E-state index contributed by atoms with van der Waals surface area (Å²) in [6.45, 7) is 9.26. The Bertz CT molecular complexity index is 1270. The number of piperidine rings is 1. The van der Waals surface area contributed by atoms with E-state index in [0.717, 1.165) is 68.7 Å². The predicted molar refractivity (Wildman–Crippen MR) is 124 cm³/mol. The lowest BCUT2D eigenvalue weighted by molar-refractivity contribution is -0.0395. The molecule has 6 nitrogen and oxygen atoms in total. The van der Waals surface area contributed by atoms with Crippen LogP contribution in [0.1, 0.15) is 44.7 Å². The standard InChI is InChI=1S/C24H26N4O2S/c1-14-6-8-28(9-7-14)22-21-20(25-13-26-22)18-15-11-24(2,3)30-12-16(15)19(27-23(18)31-21)17-5-4-10-29-17/h4-5,10,13-14H,6-9,11-12H2,1-3H3. The Labute approximate surface area is 185 Å². The van der Waals surface area contributed by atoms with Crippen molar-refractivity contribution in [3.8, 4) is 11.5 Å². The van der Waals surface area contributed by atoms with Crippen molar-refractivity contribution in [1.82, 2.24) is 15.0 Å². The summed E-state index contributed by atoms with van der Waals surface area (Å²) in [7, 11) is 0. The second-order valence-electron chi connectivity index (χ2n) is 9.45. The molecule has 1 saturated heterocycles. The summed E-state index contributed by atoms with van der Waals surface area (Å²) in [5, 5.41) is 1.16. The molecule has 0 N–H and O–H groups in total. The van der Waals surface area contributed by atoms with Crippen LogP contribution in [0.2, 0.25) is 0 Å². The van der Waals surface area contributed by atoms with Crippen LogP contribution in [-0.4, -0.2) is 33.6 Å². The second kappa shape index (κ2) is 7.00. The van der Waals surface area contributed by atoms with E-state index in [1.807, 2.05) is 12.1 Å². The Hall–Kier alpha value is -2.51. The molecule has 0 spiro atoms. The predicted octanol–water partition coefficient (Wildman–Crippen LogP) is 5.59. The van der Waals surface area contributed by atoms with Crippen LogP contribution in [0.3, 0.4) is 0 Å². The number of nitrogens with zero attached hydrogens (tertiary/aromatic N) is 4. The average molecular weight is 435 g/mol. The summed E-state index contributed by atoms with van der Waals surface area (Å²) in [6, 6.07) is 3.88. The van der Waals surface area contributed by atoms with Crippen molar-refractivity contribution >= 4 is 37.6 Å². The molecular weight excluding hydrogens is 408 g/mol. The topological polar surface area (TPSA) is 64.3 Å². The van der Waals surface area contributed by atoms with Crippen LogP contribution in [-0.2, 0) is 17.8 Å². The fraction of sp³-hybridized carbons (Fsp3) is 0.458. The summed E-state index contributed by atoms with van der Waals surface area (Å²) in [5.74, 6) is 2.62. The van der Waals surface area contributed by atoms with E-state index in [9.17, 15) is 0 Å². The molecule has 31 heavy (non-hydrogen) atoms. The van der Waals surface area contributed by atoms with Crippen LogP contribution in [0.25, 0.3) is 31.9 Å². The van der Waals surface area contributed by atoms with E-state index in [2.05, 4.69) is 25.7 Å². The normalized spacial score (nSPS) is 19.3. The molecule has 160 valence electrons. The van der Waals surface area contributed by atoms with Gasteiger partial charge < -0.3 is 14.1 Å². The number of rotatable bonds is 2. The Balaban J connectivity index is 1.61. The molecule has 0 bridgehead atoms. The minimum absolute atomic E-state index is 0.227. The van der Waals surface area contributed by atoms with Gasteiger partial charge >= 0.3 is 0 Å². The van der Waals surface area contributed by atoms with E-state index in [-0.39, 0.29) is 5.60 Å². The van der Waals surface area contributed by atoms with Gasteiger partial charge in [-0.3, -0.25) is 0 Å². The number of ether oxygens (including phenoxy) is 1. The summed E-state index contributed by atoms with van der Waals surface area (Å²) >= 11 is 1.71. The minimum atomic E-state index is -0.227. The van der Waals surface area contributed by atoms with Gasteiger partial charge in [0.2, 0.25) is 0 Å². The number of fused-ring (bicyclic) bond motifs is 5. The first-order valence-electron chi connectivity index (χ1n) is 11.0. The molecule has 0 unspecified atom stereocenters. The SMILES string of the molecule is CC1CCN(c2ncnc3c2sc2nc(-c4ccco4)c4c(c23)CC(C)(C)OC4)CC1. The molecule has 6 heterocycles. The van der Waals surface area contributed by atoms with E-state index in [4.69, 9.17) is 24.1 Å². The monoisotopic (exact) mass is 434 g/mol. The first kappa shape index (κ1) is 19.2.